The number of aliphatic hydroxyl groups excluding tert-OH is 1. The molecule has 1 atom stereocenters. The number of aliphatic hydroxyl groups is 1. The normalized spacial score (nSPS) is 16.1. The molecule has 1 aromatic heterocycles. The number of fused-ring (bicyclic) bond motifs is 1. The first-order valence-electron chi connectivity index (χ1n) is 13.1. The van der Waals surface area contributed by atoms with Gasteiger partial charge in [-0.25, -0.2) is 4.39 Å². The fraction of sp³-hybridized carbons (Fsp3) is 0.355. The maximum absolute atomic E-state index is 14.6. The summed E-state index contributed by atoms with van der Waals surface area (Å²) in [6.07, 6.45) is 0.740. The molecule has 1 aliphatic rings. The third kappa shape index (κ3) is 6.08. The predicted molar refractivity (Wildman–Crippen MR) is 146 cm³/mol. The number of nitrogens with zero attached hydrogens (tertiary/aromatic N) is 1. The highest BCUT2D eigenvalue weighted by Gasteiger charge is 2.38. The van der Waals surface area contributed by atoms with Crippen molar-refractivity contribution in [3.63, 3.8) is 0 Å². The van der Waals surface area contributed by atoms with Crippen molar-refractivity contribution in [2.45, 2.75) is 44.1 Å². The van der Waals surface area contributed by atoms with E-state index in [9.17, 15) is 9.50 Å². The monoisotopic (exact) mass is 518 g/mol. The molecule has 3 aromatic carbocycles. The van der Waals surface area contributed by atoms with Crippen LogP contribution in [0.5, 0.6) is 0 Å². The Bertz CT molecular complexity index is 1320. The van der Waals surface area contributed by atoms with Crippen molar-refractivity contribution < 1.29 is 23.7 Å². The lowest BCUT2D eigenvalue weighted by Gasteiger charge is -2.38. The van der Waals surface area contributed by atoms with Crippen LogP contribution in [-0.2, 0) is 39.4 Å². The zero-order valence-electron chi connectivity index (χ0n) is 21.5. The van der Waals surface area contributed by atoms with Gasteiger partial charge in [-0.2, -0.15) is 0 Å². The number of anilines is 1. The Morgan fingerprint density at radius 1 is 0.921 bits per heavy atom. The summed E-state index contributed by atoms with van der Waals surface area (Å²) in [5, 5.41) is 11.8. The van der Waals surface area contributed by atoms with Gasteiger partial charge < -0.3 is 29.6 Å². The number of ether oxygens (including phenoxy) is 3. The molecule has 0 spiro atoms. The van der Waals surface area contributed by atoms with Gasteiger partial charge in [-0.3, -0.25) is 0 Å². The zero-order valence-corrected chi connectivity index (χ0v) is 21.5. The van der Waals surface area contributed by atoms with Crippen molar-refractivity contribution in [2.24, 2.45) is 0 Å². The van der Waals surface area contributed by atoms with Crippen LogP contribution in [0.1, 0.15) is 29.7 Å². The van der Waals surface area contributed by atoms with Gasteiger partial charge in [0.05, 0.1) is 50.3 Å². The number of nitrogen functional groups attached to an aromatic ring is 1. The third-order valence-corrected chi connectivity index (χ3v) is 7.32. The second kappa shape index (κ2) is 12.1. The van der Waals surface area contributed by atoms with Crippen molar-refractivity contribution in [3.8, 4) is 0 Å². The minimum atomic E-state index is -0.782. The van der Waals surface area contributed by atoms with E-state index in [0.29, 0.717) is 38.6 Å². The molecule has 38 heavy (non-hydrogen) atoms. The predicted octanol–water partition coefficient (Wildman–Crippen LogP) is 5.21. The molecule has 7 heteroatoms. The number of nitrogens with two attached hydrogens (primary N) is 1. The summed E-state index contributed by atoms with van der Waals surface area (Å²) in [4.78, 5) is 0. The SMILES string of the molecule is Nc1cc2cc(C3(COCc4ccccc4)CCOCC3)n(C[C@@H](O)COCc3ccccc3)c2cc1F. The molecule has 3 N–H and O–H groups in total. The maximum atomic E-state index is 14.6. The van der Waals surface area contributed by atoms with Gasteiger partial charge >= 0.3 is 0 Å². The summed E-state index contributed by atoms with van der Waals surface area (Å²) in [6, 6.07) is 25.1. The average molecular weight is 519 g/mol. The number of halogens is 1. The van der Waals surface area contributed by atoms with E-state index >= 15 is 0 Å². The standard InChI is InChI=1S/C31H35FN2O4/c32-27-17-29-25(15-28(27)33)16-30(34(29)18-26(35)21-37-19-23-7-3-1-4-8-23)31(11-13-36-14-12-31)22-38-20-24-9-5-2-6-10-24/h1-10,15-17,26,35H,11-14,18-22,33H2/t26-/m1/s1. The Kier molecular flexibility index (Phi) is 8.39. The summed E-state index contributed by atoms with van der Waals surface area (Å²) in [5.74, 6) is -0.473. The highest BCUT2D eigenvalue weighted by molar-refractivity contribution is 5.85. The van der Waals surface area contributed by atoms with Gasteiger partial charge in [0.15, 0.2) is 0 Å². The highest BCUT2D eigenvalue weighted by atomic mass is 19.1. The Morgan fingerprint density at radius 3 is 2.21 bits per heavy atom. The van der Waals surface area contributed by atoms with Crippen LogP contribution in [0.4, 0.5) is 10.1 Å². The molecule has 200 valence electrons. The lowest BCUT2D eigenvalue weighted by Crippen LogP contribution is -2.40. The number of rotatable bonds is 11. The highest BCUT2D eigenvalue weighted by Crippen LogP contribution is 2.39. The van der Waals surface area contributed by atoms with E-state index < -0.39 is 11.9 Å². The molecule has 1 saturated heterocycles. The van der Waals surface area contributed by atoms with E-state index in [2.05, 4.69) is 6.07 Å². The van der Waals surface area contributed by atoms with Crippen LogP contribution in [0.2, 0.25) is 0 Å². The van der Waals surface area contributed by atoms with Gasteiger partial charge in [-0.05, 0) is 36.1 Å². The van der Waals surface area contributed by atoms with Crippen LogP contribution >= 0.6 is 0 Å². The second-order valence-corrected chi connectivity index (χ2v) is 10.1. The smallest absolute Gasteiger partial charge is 0.148 e. The minimum Gasteiger partial charge on any atom is -0.396 e. The zero-order chi connectivity index (χ0) is 26.4. The third-order valence-electron chi connectivity index (χ3n) is 7.32. The van der Waals surface area contributed by atoms with Crippen LogP contribution in [0.25, 0.3) is 10.9 Å². The van der Waals surface area contributed by atoms with Crippen molar-refractivity contribution in [3.05, 3.63) is 102 Å². The minimum absolute atomic E-state index is 0.106. The molecule has 2 heterocycles. The van der Waals surface area contributed by atoms with Gasteiger partial charge in [0.2, 0.25) is 0 Å². The van der Waals surface area contributed by atoms with Crippen molar-refractivity contribution in [2.75, 3.05) is 32.2 Å². The van der Waals surface area contributed by atoms with Crippen molar-refractivity contribution in [1.29, 1.82) is 0 Å². The van der Waals surface area contributed by atoms with E-state index in [1.54, 1.807) is 6.07 Å². The van der Waals surface area contributed by atoms with Crippen LogP contribution in [-0.4, -0.2) is 42.2 Å². The molecule has 6 nitrogen and oxygen atoms in total. The van der Waals surface area contributed by atoms with Crippen LogP contribution in [0.15, 0.2) is 78.9 Å². The molecular formula is C31H35FN2O4. The van der Waals surface area contributed by atoms with Gasteiger partial charge in [0, 0.05) is 35.8 Å². The van der Waals surface area contributed by atoms with Crippen LogP contribution < -0.4 is 5.73 Å². The summed E-state index contributed by atoms with van der Waals surface area (Å²) in [5.41, 5.74) is 9.53. The van der Waals surface area contributed by atoms with Crippen LogP contribution in [0.3, 0.4) is 0 Å². The molecule has 0 unspecified atom stereocenters. The lowest BCUT2D eigenvalue weighted by atomic mass is 9.77. The molecular weight excluding hydrogens is 483 g/mol. The van der Waals surface area contributed by atoms with E-state index in [-0.39, 0.29) is 24.3 Å². The van der Waals surface area contributed by atoms with Gasteiger partial charge in [-0.1, -0.05) is 60.7 Å². The maximum Gasteiger partial charge on any atom is 0.148 e. The summed E-state index contributed by atoms with van der Waals surface area (Å²) < 4.78 is 34.5. The van der Waals surface area contributed by atoms with E-state index in [1.165, 1.54) is 6.07 Å². The number of aromatic nitrogens is 1. The molecule has 0 amide bonds. The first-order chi connectivity index (χ1) is 18.5. The molecule has 1 fully saturated rings. The molecule has 0 bridgehead atoms. The molecule has 0 aliphatic carbocycles. The van der Waals surface area contributed by atoms with E-state index in [4.69, 9.17) is 19.9 Å². The van der Waals surface area contributed by atoms with Gasteiger partial charge in [-0.15, -0.1) is 0 Å². The second-order valence-electron chi connectivity index (χ2n) is 10.1. The summed E-state index contributed by atoms with van der Waals surface area (Å²) in [6.45, 7) is 3.04. The number of hydrogen-bond acceptors (Lipinski definition) is 5. The Morgan fingerprint density at radius 2 is 1.55 bits per heavy atom. The molecule has 0 radical (unpaired) electrons. The van der Waals surface area contributed by atoms with Crippen molar-refractivity contribution >= 4 is 16.6 Å². The topological polar surface area (TPSA) is 78.9 Å². The molecule has 5 rings (SSSR count). The average Bonchev–Trinajstić information content (AvgIpc) is 3.28. The molecule has 1 aliphatic heterocycles. The Balaban J connectivity index is 1.41. The summed E-state index contributed by atoms with van der Waals surface area (Å²) >= 11 is 0. The molecule has 0 saturated carbocycles. The van der Waals surface area contributed by atoms with Crippen molar-refractivity contribution in [1.82, 2.24) is 4.57 Å². The molecule has 4 aromatic rings. The first kappa shape index (κ1) is 26.4. The lowest BCUT2D eigenvalue weighted by molar-refractivity contribution is -0.00976. The van der Waals surface area contributed by atoms with Crippen LogP contribution in [0, 0.1) is 5.82 Å². The quantitative estimate of drug-likeness (QED) is 0.267. The van der Waals surface area contributed by atoms with Gasteiger partial charge in [0.25, 0.3) is 0 Å². The fourth-order valence-electron chi connectivity index (χ4n) is 5.26. The largest absolute Gasteiger partial charge is 0.396 e. The van der Waals surface area contributed by atoms with E-state index in [0.717, 1.165) is 35.0 Å². The Labute approximate surface area is 222 Å². The van der Waals surface area contributed by atoms with Gasteiger partial charge in [0.1, 0.15) is 5.82 Å². The number of benzene rings is 3. The Hall–Kier alpha value is -3.23. The van der Waals surface area contributed by atoms with E-state index in [1.807, 2.05) is 65.2 Å². The summed E-state index contributed by atoms with van der Waals surface area (Å²) in [7, 11) is 0. The fourth-order valence-corrected chi connectivity index (χ4v) is 5.26. The first-order valence-corrected chi connectivity index (χ1v) is 13.1. The number of hydrogen-bond donors (Lipinski definition) is 2.